The van der Waals surface area contributed by atoms with E-state index in [0.717, 1.165) is 6.42 Å². The molecular weight excluding hydrogens is 246 g/mol. The number of rotatable bonds is 2. The summed E-state index contributed by atoms with van der Waals surface area (Å²) in [6.07, 6.45) is 0.454. The van der Waals surface area contributed by atoms with Crippen molar-refractivity contribution in [1.29, 1.82) is 0 Å². The molecule has 1 N–H and O–H groups in total. The first-order valence-corrected chi connectivity index (χ1v) is 6.72. The van der Waals surface area contributed by atoms with Gasteiger partial charge < -0.3 is 19.9 Å². The number of hydrogen-bond donors (Lipinski definition) is 1. The molecule has 110 valence electrons. The third-order valence-corrected chi connectivity index (χ3v) is 2.99. The Labute approximate surface area is 115 Å². The van der Waals surface area contributed by atoms with Gasteiger partial charge in [0, 0.05) is 32.7 Å². The quantitative estimate of drug-likeness (QED) is 0.831. The number of carbonyl (C=O) groups excluding carboxylic acids is 2. The van der Waals surface area contributed by atoms with E-state index in [9.17, 15) is 9.59 Å². The van der Waals surface area contributed by atoms with E-state index in [1.54, 1.807) is 16.8 Å². The third-order valence-electron chi connectivity index (χ3n) is 2.99. The molecule has 1 aliphatic heterocycles. The van der Waals surface area contributed by atoms with Crippen molar-refractivity contribution in [1.82, 2.24) is 15.1 Å². The number of nitrogens with zero attached hydrogens (tertiary/aromatic N) is 2. The van der Waals surface area contributed by atoms with Crippen LogP contribution in [0.3, 0.4) is 0 Å². The first-order chi connectivity index (χ1) is 8.73. The van der Waals surface area contributed by atoms with E-state index in [0.29, 0.717) is 19.6 Å². The van der Waals surface area contributed by atoms with Crippen LogP contribution in [0.15, 0.2) is 0 Å². The second-order valence-corrected chi connectivity index (χ2v) is 5.88. The van der Waals surface area contributed by atoms with Crippen molar-refractivity contribution < 1.29 is 14.3 Å². The minimum atomic E-state index is -0.485. The molecule has 1 aliphatic rings. The topological polar surface area (TPSA) is 61.9 Å². The zero-order valence-corrected chi connectivity index (χ0v) is 12.5. The van der Waals surface area contributed by atoms with Crippen LogP contribution >= 0.6 is 0 Å². The van der Waals surface area contributed by atoms with Crippen molar-refractivity contribution >= 4 is 12.1 Å². The van der Waals surface area contributed by atoms with Crippen LogP contribution in [0.5, 0.6) is 0 Å². The molecule has 0 spiro atoms. The van der Waals surface area contributed by atoms with E-state index in [2.05, 4.69) is 5.32 Å². The lowest BCUT2D eigenvalue weighted by atomic mass is 10.2. The van der Waals surface area contributed by atoms with Gasteiger partial charge in [0.2, 0.25) is 0 Å². The predicted octanol–water partition coefficient (Wildman–Crippen LogP) is 1.66. The molecule has 1 unspecified atom stereocenters. The molecule has 0 saturated carbocycles. The highest BCUT2D eigenvalue weighted by atomic mass is 16.6. The fourth-order valence-electron chi connectivity index (χ4n) is 1.80. The van der Waals surface area contributed by atoms with E-state index < -0.39 is 5.60 Å². The van der Waals surface area contributed by atoms with Gasteiger partial charge in [-0.15, -0.1) is 0 Å². The standard InChI is InChI=1S/C13H25N3O3/c1-6-15(5)11(17)14-10-7-8-16(9-10)12(18)19-13(2,3)4/h10H,6-9H2,1-5H3,(H,14,17). The summed E-state index contributed by atoms with van der Waals surface area (Å²) in [5.41, 5.74) is -0.485. The van der Waals surface area contributed by atoms with E-state index >= 15 is 0 Å². The highest BCUT2D eigenvalue weighted by molar-refractivity contribution is 5.74. The Morgan fingerprint density at radius 3 is 2.58 bits per heavy atom. The molecule has 0 radical (unpaired) electrons. The van der Waals surface area contributed by atoms with Gasteiger partial charge in [-0.3, -0.25) is 0 Å². The Bertz CT molecular complexity index is 339. The number of nitrogens with one attached hydrogen (secondary N) is 1. The van der Waals surface area contributed by atoms with E-state index in [-0.39, 0.29) is 18.2 Å². The largest absolute Gasteiger partial charge is 0.444 e. The van der Waals surface area contributed by atoms with Crippen LogP contribution < -0.4 is 5.32 Å². The van der Waals surface area contributed by atoms with Crippen LogP contribution in [0.25, 0.3) is 0 Å². The minimum Gasteiger partial charge on any atom is -0.444 e. The molecule has 1 saturated heterocycles. The lowest BCUT2D eigenvalue weighted by molar-refractivity contribution is 0.0291. The molecule has 0 aromatic rings. The summed E-state index contributed by atoms with van der Waals surface area (Å²) in [5.74, 6) is 0. The van der Waals surface area contributed by atoms with Crippen LogP contribution in [-0.2, 0) is 4.74 Å². The van der Waals surface area contributed by atoms with Crippen LogP contribution in [0.4, 0.5) is 9.59 Å². The lowest BCUT2D eigenvalue weighted by Crippen LogP contribution is -2.45. The second-order valence-electron chi connectivity index (χ2n) is 5.88. The van der Waals surface area contributed by atoms with Gasteiger partial charge in [-0.1, -0.05) is 0 Å². The highest BCUT2D eigenvalue weighted by Crippen LogP contribution is 2.15. The molecule has 1 fully saturated rings. The van der Waals surface area contributed by atoms with Gasteiger partial charge in [0.15, 0.2) is 0 Å². The van der Waals surface area contributed by atoms with Crippen molar-refractivity contribution in [2.75, 3.05) is 26.7 Å². The maximum atomic E-state index is 11.9. The van der Waals surface area contributed by atoms with Gasteiger partial charge in [-0.25, -0.2) is 9.59 Å². The van der Waals surface area contributed by atoms with Gasteiger partial charge in [0.05, 0.1) is 0 Å². The van der Waals surface area contributed by atoms with Gasteiger partial charge in [0.25, 0.3) is 0 Å². The van der Waals surface area contributed by atoms with E-state index in [4.69, 9.17) is 4.74 Å². The van der Waals surface area contributed by atoms with Crippen molar-refractivity contribution in [2.45, 2.75) is 45.8 Å². The average Bonchev–Trinajstić information content (AvgIpc) is 2.74. The summed E-state index contributed by atoms with van der Waals surface area (Å²) in [7, 11) is 1.75. The summed E-state index contributed by atoms with van der Waals surface area (Å²) in [6, 6.07) is -0.0902. The summed E-state index contributed by atoms with van der Waals surface area (Å²) >= 11 is 0. The summed E-state index contributed by atoms with van der Waals surface area (Å²) in [4.78, 5) is 26.8. The molecule has 1 rings (SSSR count). The number of likely N-dealkylation sites (tertiary alicyclic amines) is 1. The summed E-state index contributed by atoms with van der Waals surface area (Å²) < 4.78 is 5.31. The maximum Gasteiger partial charge on any atom is 0.410 e. The molecule has 1 atom stereocenters. The Morgan fingerprint density at radius 1 is 1.42 bits per heavy atom. The molecule has 6 heteroatoms. The molecule has 0 aliphatic carbocycles. The van der Waals surface area contributed by atoms with Crippen LogP contribution in [-0.4, -0.2) is 60.2 Å². The molecular formula is C13H25N3O3. The molecule has 19 heavy (non-hydrogen) atoms. The van der Waals surface area contributed by atoms with E-state index in [1.807, 2.05) is 27.7 Å². The number of ether oxygens (including phenoxy) is 1. The SMILES string of the molecule is CCN(C)C(=O)NC1CCN(C(=O)OC(C)(C)C)C1. The zero-order chi connectivity index (χ0) is 14.6. The number of amides is 3. The third kappa shape index (κ3) is 4.96. The Balaban J connectivity index is 2.41. The van der Waals surface area contributed by atoms with Gasteiger partial charge >= 0.3 is 12.1 Å². The van der Waals surface area contributed by atoms with Crippen LogP contribution in [0, 0.1) is 0 Å². The molecule has 1 heterocycles. The van der Waals surface area contributed by atoms with Crippen LogP contribution in [0.1, 0.15) is 34.1 Å². The van der Waals surface area contributed by atoms with Gasteiger partial charge in [0.1, 0.15) is 5.60 Å². The highest BCUT2D eigenvalue weighted by Gasteiger charge is 2.30. The van der Waals surface area contributed by atoms with Crippen molar-refractivity contribution in [2.24, 2.45) is 0 Å². The fraction of sp³-hybridized carbons (Fsp3) is 0.846. The maximum absolute atomic E-state index is 11.9. The predicted molar refractivity (Wildman–Crippen MR) is 73.0 cm³/mol. The van der Waals surface area contributed by atoms with Crippen molar-refractivity contribution in [3.8, 4) is 0 Å². The molecule has 0 bridgehead atoms. The molecule has 0 aromatic carbocycles. The lowest BCUT2D eigenvalue weighted by Gasteiger charge is -2.24. The molecule has 6 nitrogen and oxygen atoms in total. The Hall–Kier alpha value is -1.46. The first kappa shape index (κ1) is 15.6. The monoisotopic (exact) mass is 271 g/mol. The molecule has 3 amide bonds. The Kier molecular flexibility index (Phi) is 5.03. The summed E-state index contributed by atoms with van der Waals surface area (Å²) in [6.45, 7) is 9.24. The smallest absolute Gasteiger partial charge is 0.410 e. The van der Waals surface area contributed by atoms with Crippen molar-refractivity contribution in [3.63, 3.8) is 0 Å². The van der Waals surface area contributed by atoms with Gasteiger partial charge in [-0.05, 0) is 34.1 Å². The number of hydrogen-bond acceptors (Lipinski definition) is 3. The molecule has 0 aromatic heterocycles. The minimum absolute atomic E-state index is 0.00835. The van der Waals surface area contributed by atoms with Gasteiger partial charge in [-0.2, -0.15) is 0 Å². The van der Waals surface area contributed by atoms with Crippen LogP contribution in [0.2, 0.25) is 0 Å². The fourth-order valence-corrected chi connectivity index (χ4v) is 1.80. The second kappa shape index (κ2) is 6.12. The van der Waals surface area contributed by atoms with Crippen molar-refractivity contribution in [3.05, 3.63) is 0 Å². The Morgan fingerprint density at radius 2 is 2.05 bits per heavy atom. The average molecular weight is 271 g/mol. The number of carbonyl (C=O) groups is 2. The first-order valence-electron chi connectivity index (χ1n) is 6.72. The zero-order valence-electron chi connectivity index (χ0n) is 12.5. The number of urea groups is 1. The summed E-state index contributed by atoms with van der Waals surface area (Å²) in [5, 5.41) is 2.91. The van der Waals surface area contributed by atoms with E-state index in [1.165, 1.54) is 0 Å². The normalized spacial score (nSPS) is 19.2.